The van der Waals surface area contributed by atoms with Crippen LogP contribution in [0.25, 0.3) is 0 Å². The summed E-state index contributed by atoms with van der Waals surface area (Å²) in [5.41, 5.74) is 1.35. The van der Waals surface area contributed by atoms with Crippen molar-refractivity contribution >= 4 is 34.8 Å². The molecule has 0 bridgehead atoms. The van der Waals surface area contributed by atoms with Gasteiger partial charge in [-0.1, -0.05) is 23.2 Å². The fraction of sp³-hybridized carbons (Fsp3) is 0.0833. The molecule has 0 saturated carbocycles. The van der Waals surface area contributed by atoms with Crippen molar-refractivity contribution in [1.29, 1.82) is 0 Å². The first-order chi connectivity index (χ1) is 8.08. The molecule has 2 aromatic rings. The molecule has 1 N–H and O–H groups in total. The monoisotopic (exact) mass is 269 g/mol. The van der Waals surface area contributed by atoms with Crippen LogP contribution in [-0.4, -0.2) is 5.91 Å². The predicted molar refractivity (Wildman–Crippen MR) is 67.9 cm³/mol. The van der Waals surface area contributed by atoms with Crippen molar-refractivity contribution in [3.8, 4) is 0 Å². The summed E-state index contributed by atoms with van der Waals surface area (Å²) in [4.78, 5) is 11.8. The minimum absolute atomic E-state index is 0.288. The highest BCUT2D eigenvalue weighted by molar-refractivity contribution is 6.42. The van der Waals surface area contributed by atoms with Gasteiger partial charge in [-0.3, -0.25) is 4.79 Å². The van der Waals surface area contributed by atoms with Gasteiger partial charge >= 0.3 is 0 Å². The van der Waals surface area contributed by atoms with Crippen molar-refractivity contribution in [1.82, 2.24) is 0 Å². The zero-order chi connectivity index (χ0) is 12.4. The van der Waals surface area contributed by atoms with E-state index in [1.54, 1.807) is 31.2 Å². The predicted octanol–water partition coefficient (Wildman–Crippen LogP) is 4.15. The molecule has 0 spiro atoms. The molecule has 0 aliphatic carbocycles. The molecule has 1 amide bonds. The van der Waals surface area contributed by atoms with Crippen LogP contribution in [-0.2, 0) is 0 Å². The molecule has 3 nitrogen and oxygen atoms in total. The van der Waals surface area contributed by atoms with Crippen LogP contribution in [0.2, 0.25) is 10.0 Å². The third kappa shape index (κ3) is 2.62. The van der Waals surface area contributed by atoms with Crippen molar-refractivity contribution in [3.05, 3.63) is 51.9 Å². The van der Waals surface area contributed by atoms with E-state index < -0.39 is 0 Å². The maximum atomic E-state index is 11.8. The average Bonchev–Trinajstić information content (AvgIpc) is 2.70. The molecule has 5 heteroatoms. The summed E-state index contributed by atoms with van der Waals surface area (Å²) in [6, 6.07) is 6.60. The van der Waals surface area contributed by atoms with Crippen molar-refractivity contribution < 1.29 is 9.21 Å². The van der Waals surface area contributed by atoms with E-state index in [-0.39, 0.29) is 11.7 Å². The fourth-order valence-electron chi connectivity index (χ4n) is 1.37. The average molecular weight is 270 g/mol. The highest BCUT2D eigenvalue weighted by Crippen LogP contribution is 2.25. The normalized spacial score (nSPS) is 10.3. The Balaban J connectivity index is 2.19. The van der Waals surface area contributed by atoms with Crippen LogP contribution in [0.3, 0.4) is 0 Å². The number of furan rings is 1. The lowest BCUT2D eigenvalue weighted by Gasteiger charge is -2.05. The van der Waals surface area contributed by atoms with Gasteiger partial charge in [-0.25, -0.2) is 0 Å². The number of hydrogen-bond donors (Lipinski definition) is 1. The summed E-state index contributed by atoms with van der Waals surface area (Å²) < 4.78 is 5.08. The second-order valence-corrected chi connectivity index (χ2v) is 4.33. The van der Waals surface area contributed by atoms with Crippen LogP contribution in [0.15, 0.2) is 34.9 Å². The molecule has 0 saturated heterocycles. The molecule has 17 heavy (non-hydrogen) atoms. The molecule has 0 atom stereocenters. The third-order valence-corrected chi connectivity index (χ3v) is 2.98. The standard InChI is InChI=1S/C12H9Cl2NO2/c1-7-4-5-17-11(7)12(16)15-8-2-3-9(13)10(14)6-8/h2-6H,1H3,(H,15,16). The Morgan fingerprint density at radius 2 is 2.00 bits per heavy atom. The summed E-state index contributed by atoms with van der Waals surface area (Å²) in [6.45, 7) is 1.80. The number of carbonyl (C=O) groups excluding carboxylic acids is 1. The first kappa shape index (κ1) is 12.0. The lowest BCUT2D eigenvalue weighted by molar-refractivity contribution is 0.0996. The van der Waals surface area contributed by atoms with Gasteiger partial charge in [0, 0.05) is 11.3 Å². The van der Waals surface area contributed by atoms with Crippen molar-refractivity contribution in [3.63, 3.8) is 0 Å². The Labute approximate surface area is 108 Å². The van der Waals surface area contributed by atoms with Gasteiger partial charge in [-0.15, -0.1) is 0 Å². The molecule has 1 aromatic carbocycles. The van der Waals surface area contributed by atoms with E-state index in [0.717, 1.165) is 5.56 Å². The summed E-state index contributed by atoms with van der Waals surface area (Å²) >= 11 is 11.6. The Bertz CT molecular complexity index is 563. The van der Waals surface area contributed by atoms with Crippen LogP contribution in [0, 0.1) is 6.92 Å². The van der Waals surface area contributed by atoms with E-state index in [1.165, 1.54) is 6.26 Å². The van der Waals surface area contributed by atoms with Gasteiger partial charge in [0.2, 0.25) is 0 Å². The van der Waals surface area contributed by atoms with Crippen LogP contribution < -0.4 is 5.32 Å². The van der Waals surface area contributed by atoms with Crippen molar-refractivity contribution in [2.45, 2.75) is 6.92 Å². The van der Waals surface area contributed by atoms with Gasteiger partial charge in [0.05, 0.1) is 16.3 Å². The maximum absolute atomic E-state index is 11.8. The number of halogens is 2. The number of anilines is 1. The van der Waals surface area contributed by atoms with Gasteiger partial charge in [0.15, 0.2) is 5.76 Å². The summed E-state index contributed by atoms with van der Waals surface area (Å²) in [5, 5.41) is 3.51. The number of nitrogens with one attached hydrogen (secondary N) is 1. The molecule has 1 aromatic heterocycles. The topological polar surface area (TPSA) is 42.2 Å². The second kappa shape index (κ2) is 4.82. The highest BCUT2D eigenvalue weighted by atomic mass is 35.5. The number of rotatable bonds is 2. The van der Waals surface area contributed by atoms with Crippen LogP contribution in [0.1, 0.15) is 16.1 Å². The van der Waals surface area contributed by atoms with Gasteiger partial charge in [0.25, 0.3) is 5.91 Å². The molecule has 0 fully saturated rings. The Kier molecular flexibility index (Phi) is 3.41. The Morgan fingerprint density at radius 1 is 1.24 bits per heavy atom. The molecule has 0 aliphatic rings. The van der Waals surface area contributed by atoms with E-state index in [9.17, 15) is 4.79 Å². The van der Waals surface area contributed by atoms with Gasteiger partial charge < -0.3 is 9.73 Å². The van der Waals surface area contributed by atoms with E-state index in [1.807, 2.05) is 0 Å². The zero-order valence-electron chi connectivity index (χ0n) is 8.96. The van der Waals surface area contributed by atoms with E-state index in [4.69, 9.17) is 27.6 Å². The molecule has 0 aliphatic heterocycles. The lowest BCUT2D eigenvalue weighted by Crippen LogP contribution is -2.11. The van der Waals surface area contributed by atoms with Crippen molar-refractivity contribution in [2.75, 3.05) is 5.32 Å². The summed E-state index contributed by atoms with van der Waals surface area (Å²) in [6.07, 6.45) is 1.47. The number of amides is 1. The second-order valence-electron chi connectivity index (χ2n) is 3.52. The Hall–Kier alpha value is -1.45. The quantitative estimate of drug-likeness (QED) is 0.890. The highest BCUT2D eigenvalue weighted by Gasteiger charge is 2.13. The molecular weight excluding hydrogens is 261 g/mol. The molecule has 2 rings (SSSR count). The number of hydrogen-bond acceptors (Lipinski definition) is 2. The smallest absolute Gasteiger partial charge is 0.291 e. The number of benzene rings is 1. The van der Waals surface area contributed by atoms with Crippen molar-refractivity contribution in [2.24, 2.45) is 0 Å². The van der Waals surface area contributed by atoms with Gasteiger partial charge in [-0.2, -0.15) is 0 Å². The lowest BCUT2D eigenvalue weighted by atomic mass is 10.2. The van der Waals surface area contributed by atoms with Crippen LogP contribution >= 0.6 is 23.2 Å². The van der Waals surface area contributed by atoms with Gasteiger partial charge in [-0.05, 0) is 31.2 Å². The fourth-order valence-corrected chi connectivity index (χ4v) is 1.67. The van der Waals surface area contributed by atoms with E-state index in [0.29, 0.717) is 15.7 Å². The van der Waals surface area contributed by atoms with Gasteiger partial charge in [0.1, 0.15) is 0 Å². The summed E-state index contributed by atoms with van der Waals surface area (Å²) in [7, 11) is 0. The molecule has 0 unspecified atom stereocenters. The minimum Gasteiger partial charge on any atom is -0.459 e. The zero-order valence-corrected chi connectivity index (χ0v) is 10.5. The van der Waals surface area contributed by atoms with E-state index in [2.05, 4.69) is 5.32 Å². The molecule has 0 radical (unpaired) electrons. The first-order valence-electron chi connectivity index (χ1n) is 4.88. The third-order valence-electron chi connectivity index (χ3n) is 2.25. The molecule has 88 valence electrons. The summed E-state index contributed by atoms with van der Waals surface area (Å²) in [5.74, 6) is -0.0260. The first-order valence-corrected chi connectivity index (χ1v) is 5.64. The molecule has 1 heterocycles. The molecular formula is C12H9Cl2NO2. The number of carbonyl (C=O) groups is 1. The van der Waals surface area contributed by atoms with Crippen LogP contribution in [0.5, 0.6) is 0 Å². The Morgan fingerprint density at radius 3 is 2.59 bits per heavy atom. The maximum Gasteiger partial charge on any atom is 0.291 e. The minimum atomic E-state index is -0.314. The SMILES string of the molecule is Cc1ccoc1C(=O)Nc1ccc(Cl)c(Cl)c1. The largest absolute Gasteiger partial charge is 0.459 e. The van der Waals surface area contributed by atoms with E-state index >= 15 is 0 Å². The van der Waals surface area contributed by atoms with Crippen LogP contribution in [0.4, 0.5) is 5.69 Å². The number of aryl methyl sites for hydroxylation is 1.